The lowest BCUT2D eigenvalue weighted by atomic mass is 10.0. The van der Waals surface area contributed by atoms with Gasteiger partial charge in [-0.05, 0) is 42.0 Å². The van der Waals surface area contributed by atoms with Crippen molar-refractivity contribution in [2.45, 2.75) is 6.04 Å². The number of amides is 2. The molecule has 4 nitrogen and oxygen atoms in total. The second kappa shape index (κ2) is 6.38. The third kappa shape index (κ3) is 3.19. The lowest BCUT2D eigenvalue weighted by Crippen LogP contribution is -2.52. The van der Waals surface area contributed by atoms with Crippen molar-refractivity contribution in [1.29, 1.82) is 0 Å². The molecule has 1 aliphatic rings. The molecule has 6 heteroatoms. The Bertz CT molecular complexity index is 749. The van der Waals surface area contributed by atoms with E-state index in [4.69, 9.17) is 11.6 Å². The SMILES string of the molecule is O=C1NCCN(C(=O)c2ccc(F)cc2)C1c1cccc(Cl)c1. The second-order valence-electron chi connectivity index (χ2n) is 5.25. The molecule has 1 atom stereocenters. The third-order valence-electron chi connectivity index (χ3n) is 3.73. The highest BCUT2D eigenvalue weighted by atomic mass is 35.5. The molecule has 1 heterocycles. The van der Waals surface area contributed by atoms with Crippen molar-refractivity contribution in [3.05, 3.63) is 70.5 Å². The smallest absolute Gasteiger partial charge is 0.254 e. The molecular formula is C17H14ClFN2O2. The van der Waals surface area contributed by atoms with Gasteiger partial charge in [0.2, 0.25) is 5.91 Å². The van der Waals surface area contributed by atoms with Crippen LogP contribution in [0.5, 0.6) is 0 Å². The summed E-state index contributed by atoms with van der Waals surface area (Å²) in [5.41, 5.74) is 0.985. The van der Waals surface area contributed by atoms with Crippen LogP contribution in [0.1, 0.15) is 22.0 Å². The van der Waals surface area contributed by atoms with Crippen molar-refractivity contribution in [3.8, 4) is 0 Å². The van der Waals surface area contributed by atoms with Crippen LogP contribution in [0.15, 0.2) is 48.5 Å². The Hall–Kier alpha value is -2.40. The monoisotopic (exact) mass is 332 g/mol. The molecule has 2 amide bonds. The van der Waals surface area contributed by atoms with Crippen LogP contribution in [0.25, 0.3) is 0 Å². The van der Waals surface area contributed by atoms with Gasteiger partial charge >= 0.3 is 0 Å². The Labute approximate surface area is 137 Å². The van der Waals surface area contributed by atoms with Crippen molar-refractivity contribution < 1.29 is 14.0 Å². The summed E-state index contributed by atoms with van der Waals surface area (Å²) in [6.45, 7) is 0.752. The van der Waals surface area contributed by atoms with Crippen molar-refractivity contribution in [1.82, 2.24) is 10.2 Å². The van der Waals surface area contributed by atoms with E-state index in [1.807, 2.05) is 0 Å². The fourth-order valence-corrected chi connectivity index (χ4v) is 2.85. The molecule has 0 aromatic heterocycles. The molecule has 1 unspecified atom stereocenters. The Morgan fingerprint density at radius 1 is 1.22 bits per heavy atom. The molecule has 0 bridgehead atoms. The molecule has 0 radical (unpaired) electrons. The first-order valence-corrected chi connectivity index (χ1v) is 7.54. The van der Waals surface area contributed by atoms with Crippen molar-refractivity contribution in [2.24, 2.45) is 0 Å². The van der Waals surface area contributed by atoms with Crippen LogP contribution < -0.4 is 5.32 Å². The van der Waals surface area contributed by atoms with Gasteiger partial charge in [-0.2, -0.15) is 0 Å². The maximum absolute atomic E-state index is 13.0. The van der Waals surface area contributed by atoms with E-state index in [-0.39, 0.29) is 11.8 Å². The number of rotatable bonds is 2. The van der Waals surface area contributed by atoms with Crippen LogP contribution in [0.4, 0.5) is 4.39 Å². The Balaban J connectivity index is 1.96. The number of benzene rings is 2. The maximum Gasteiger partial charge on any atom is 0.254 e. The number of hydrogen-bond donors (Lipinski definition) is 1. The summed E-state index contributed by atoms with van der Waals surface area (Å²) in [4.78, 5) is 26.5. The van der Waals surface area contributed by atoms with Gasteiger partial charge in [-0.1, -0.05) is 23.7 Å². The van der Waals surface area contributed by atoms with Crippen molar-refractivity contribution in [2.75, 3.05) is 13.1 Å². The summed E-state index contributed by atoms with van der Waals surface area (Å²) in [7, 11) is 0. The minimum absolute atomic E-state index is 0.256. The number of halogens is 2. The van der Waals surface area contributed by atoms with E-state index in [1.54, 1.807) is 24.3 Å². The summed E-state index contributed by atoms with van der Waals surface area (Å²) >= 11 is 6.00. The van der Waals surface area contributed by atoms with Crippen LogP contribution in [0.3, 0.4) is 0 Å². The number of piperazine rings is 1. The molecule has 3 rings (SSSR count). The Morgan fingerprint density at radius 3 is 2.65 bits per heavy atom. The topological polar surface area (TPSA) is 49.4 Å². The summed E-state index contributed by atoms with van der Waals surface area (Å²) < 4.78 is 13.0. The van der Waals surface area contributed by atoms with Gasteiger partial charge < -0.3 is 10.2 Å². The molecule has 1 fully saturated rings. The van der Waals surface area contributed by atoms with E-state index in [1.165, 1.54) is 29.2 Å². The van der Waals surface area contributed by atoms with Gasteiger partial charge in [0, 0.05) is 23.7 Å². The zero-order valence-electron chi connectivity index (χ0n) is 12.1. The predicted molar refractivity (Wildman–Crippen MR) is 84.6 cm³/mol. The number of carbonyl (C=O) groups is 2. The van der Waals surface area contributed by atoms with E-state index < -0.39 is 11.9 Å². The first-order chi connectivity index (χ1) is 11.1. The van der Waals surface area contributed by atoms with Gasteiger partial charge in [0.25, 0.3) is 5.91 Å². The standard InChI is InChI=1S/C17H14ClFN2O2/c18-13-3-1-2-12(10-13)15-16(22)20-8-9-21(15)17(23)11-4-6-14(19)7-5-11/h1-7,10,15H,8-9H2,(H,20,22). The number of carbonyl (C=O) groups excluding carboxylic acids is 2. The zero-order valence-corrected chi connectivity index (χ0v) is 12.9. The second-order valence-corrected chi connectivity index (χ2v) is 5.69. The van der Waals surface area contributed by atoms with Crippen LogP contribution in [0.2, 0.25) is 5.02 Å². The fraction of sp³-hybridized carbons (Fsp3) is 0.176. The summed E-state index contributed by atoms with van der Waals surface area (Å²) in [6, 6.07) is 11.4. The molecule has 118 valence electrons. The Kier molecular flexibility index (Phi) is 4.30. The summed E-state index contributed by atoms with van der Waals surface area (Å²) in [6.07, 6.45) is 0. The van der Waals surface area contributed by atoms with E-state index in [0.717, 1.165) is 0 Å². The largest absolute Gasteiger partial charge is 0.352 e. The molecule has 0 spiro atoms. The molecule has 0 saturated carbocycles. The van der Waals surface area contributed by atoms with Crippen LogP contribution in [-0.2, 0) is 4.79 Å². The fourth-order valence-electron chi connectivity index (χ4n) is 2.65. The minimum atomic E-state index is -0.750. The first-order valence-electron chi connectivity index (χ1n) is 7.16. The molecule has 2 aromatic rings. The maximum atomic E-state index is 13.0. The van der Waals surface area contributed by atoms with E-state index in [0.29, 0.717) is 29.2 Å². The minimum Gasteiger partial charge on any atom is -0.352 e. The van der Waals surface area contributed by atoms with Crippen LogP contribution in [-0.4, -0.2) is 29.8 Å². The van der Waals surface area contributed by atoms with E-state index >= 15 is 0 Å². The van der Waals surface area contributed by atoms with Crippen LogP contribution in [0, 0.1) is 5.82 Å². The van der Waals surface area contributed by atoms with Gasteiger partial charge in [0.05, 0.1) is 0 Å². The molecule has 1 saturated heterocycles. The lowest BCUT2D eigenvalue weighted by molar-refractivity contribution is -0.128. The average Bonchev–Trinajstić information content (AvgIpc) is 2.54. The highest BCUT2D eigenvalue weighted by Crippen LogP contribution is 2.27. The third-order valence-corrected chi connectivity index (χ3v) is 3.96. The summed E-state index contributed by atoms with van der Waals surface area (Å²) in [5, 5.41) is 3.25. The van der Waals surface area contributed by atoms with Gasteiger partial charge in [0.15, 0.2) is 0 Å². The van der Waals surface area contributed by atoms with Gasteiger partial charge in [0.1, 0.15) is 11.9 Å². The van der Waals surface area contributed by atoms with Crippen molar-refractivity contribution in [3.63, 3.8) is 0 Å². The molecule has 23 heavy (non-hydrogen) atoms. The van der Waals surface area contributed by atoms with Crippen molar-refractivity contribution >= 4 is 23.4 Å². The van der Waals surface area contributed by atoms with E-state index in [9.17, 15) is 14.0 Å². The number of nitrogens with one attached hydrogen (secondary N) is 1. The molecule has 1 N–H and O–H groups in total. The quantitative estimate of drug-likeness (QED) is 0.919. The lowest BCUT2D eigenvalue weighted by Gasteiger charge is -2.35. The average molecular weight is 333 g/mol. The first kappa shape index (κ1) is 15.5. The molecule has 0 aliphatic carbocycles. The predicted octanol–water partition coefficient (Wildman–Crippen LogP) is 2.79. The highest BCUT2D eigenvalue weighted by molar-refractivity contribution is 6.30. The van der Waals surface area contributed by atoms with E-state index in [2.05, 4.69) is 5.32 Å². The summed E-state index contributed by atoms with van der Waals surface area (Å²) in [5.74, 6) is -0.983. The molecule has 2 aromatic carbocycles. The molecule has 1 aliphatic heterocycles. The van der Waals surface area contributed by atoms with Gasteiger partial charge in [-0.15, -0.1) is 0 Å². The zero-order chi connectivity index (χ0) is 16.4. The normalized spacial score (nSPS) is 17.7. The van der Waals surface area contributed by atoms with Gasteiger partial charge in [-0.25, -0.2) is 4.39 Å². The molecular weight excluding hydrogens is 319 g/mol. The number of nitrogens with zero attached hydrogens (tertiary/aromatic N) is 1. The highest BCUT2D eigenvalue weighted by Gasteiger charge is 2.34. The Morgan fingerprint density at radius 2 is 1.96 bits per heavy atom. The number of hydrogen-bond acceptors (Lipinski definition) is 2. The van der Waals surface area contributed by atoms with Crippen LogP contribution >= 0.6 is 11.6 Å². The van der Waals surface area contributed by atoms with Gasteiger partial charge in [-0.3, -0.25) is 9.59 Å².